The molecule has 8 heteroatoms. The summed E-state index contributed by atoms with van der Waals surface area (Å²) >= 11 is 0. The van der Waals surface area contributed by atoms with Gasteiger partial charge < -0.3 is 26.2 Å². The molecule has 1 aliphatic heterocycles. The predicted molar refractivity (Wildman–Crippen MR) is 106 cm³/mol. The molecule has 0 radical (unpaired) electrons. The molecule has 3 rings (SSSR count). The highest BCUT2D eigenvalue weighted by molar-refractivity contribution is 6.35. The molecule has 0 spiro atoms. The highest BCUT2D eigenvalue weighted by Crippen LogP contribution is 2.36. The number of aliphatic hydroxyl groups is 2. The number of aromatic amines is 1. The van der Waals surface area contributed by atoms with Gasteiger partial charge in [-0.1, -0.05) is 11.8 Å². The van der Waals surface area contributed by atoms with Crippen LogP contribution in [0.3, 0.4) is 0 Å². The molecule has 6 N–H and O–H groups in total. The molecular weight excluding hydrogens is 377 g/mol. The number of carbonyl (C=O) groups excluding carboxylic acids is 2. The van der Waals surface area contributed by atoms with Crippen LogP contribution in [0.25, 0.3) is 11.6 Å². The lowest BCUT2D eigenvalue weighted by Crippen LogP contribution is -2.42. The monoisotopic (exact) mass is 397 g/mol. The first-order valence-electron chi connectivity index (χ1n) is 8.87. The quantitative estimate of drug-likeness (QED) is 0.302. The van der Waals surface area contributed by atoms with Crippen LogP contribution >= 0.6 is 0 Å². The second-order valence-electron chi connectivity index (χ2n) is 6.79. The number of fused-ring (bicyclic) bond motifs is 1. The van der Waals surface area contributed by atoms with Gasteiger partial charge in [-0.25, -0.2) is 4.39 Å². The van der Waals surface area contributed by atoms with E-state index >= 15 is 0 Å². The molecule has 7 nitrogen and oxygen atoms in total. The Bertz CT molecular complexity index is 1080. The molecule has 150 valence electrons. The molecule has 0 saturated heterocycles. The highest BCUT2D eigenvalue weighted by Gasteiger charge is 2.29. The van der Waals surface area contributed by atoms with Crippen molar-refractivity contribution in [2.45, 2.75) is 32.1 Å². The number of amides is 1. The zero-order chi connectivity index (χ0) is 21.3. The topological polar surface area (TPSA) is 128 Å². The zero-order valence-corrected chi connectivity index (χ0v) is 15.8. The van der Waals surface area contributed by atoms with Gasteiger partial charge in [0.2, 0.25) is 0 Å². The van der Waals surface area contributed by atoms with Crippen LogP contribution < -0.4 is 11.1 Å². The van der Waals surface area contributed by atoms with Gasteiger partial charge in [0, 0.05) is 23.0 Å². The van der Waals surface area contributed by atoms with Crippen molar-refractivity contribution >= 4 is 29.0 Å². The van der Waals surface area contributed by atoms with Crippen molar-refractivity contribution in [2.24, 2.45) is 5.73 Å². The fraction of sp³-hybridized carbons (Fsp3) is 0.238. The van der Waals surface area contributed by atoms with E-state index in [0.29, 0.717) is 16.9 Å². The summed E-state index contributed by atoms with van der Waals surface area (Å²) in [4.78, 5) is 26.8. The molecule has 1 aromatic heterocycles. The summed E-state index contributed by atoms with van der Waals surface area (Å²) in [6.07, 6.45) is 0.621. The second kappa shape index (κ2) is 8.01. The Morgan fingerprint density at radius 1 is 1.34 bits per heavy atom. The smallest absolute Gasteiger partial charge is 0.256 e. The van der Waals surface area contributed by atoms with E-state index in [-0.39, 0.29) is 22.5 Å². The van der Waals surface area contributed by atoms with E-state index in [0.717, 1.165) is 6.07 Å². The summed E-state index contributed by atoms with van der Waals surface area (Å²) in [6, 6.07) is 3.13. The average molecular weight is 397 g/mol. The zero-order valence-electron chi connectivity index (χ0n) is 15.8. The maximum absolute atomic E-state index is 14.5. The first-order valence-corrected chi connectivity index (χ1v) is 8.87. The van der Waals surface area contributed by atoms with Crippen molar-refractivity contribution in [3.63, 3.8) is 0 Å². The van der Waals surface area contributed by atoms with E-state index in [1.54, 1.807) is 6.07 Å². The van der Waals surface area contributed by atoms with Gasteiger partial charge in [-0.05, 0) is 38.1 Å². The lowest BCUT2D eigenvalue weighted by molar-refractivity contribution is -0.110. The van der Waals surface area contributed by atoms with Gasteiger partial charge in [0.1, 0.15) is 11.9 Å². The number of anilines is 1. The Kier molecular flexibility index (Phi) is 5.66. The molecule has 0 aliphatic carbocycles. The number of ketones is 1. The third kappa shape index (κ3) is 4.12. The van der Waals surface area contributed by atoms with Crippen molar-refractivity contribution in [1.82, 2.24) is 4.98 Å². The fourth-order valence-corrected chi connectivity index (χ4v) is 2.88. The van der Waals surface area contributed by atoms with Crippen LogP contribution in [-0.2, 0) is 4.79 Å². The minimum absolute atomic E-state index is 0.0812. The minimum atomic E-state index is -1.38. The van der Waals surface area contributed by atoms with Crippen molar-refractivity contribution in [2.75, 3.05) is 5.32 Å². The van der Waals surface area contributed by atoms with Crippen LogP contribution in [0.4, 0.5) is 10.1 Å². The molecule has 3 atom stereocenters. The molecule has 0 bridgehead atoms. The first kappa shape index (κ1) is 20.5. The molecule has 1 aliphatic rings. The van der Waals surface area contributed by atoms with Crippen LogP contribution in [0.2, 0.25) is 0 Å². The number of hydrogen-bond donors (Lipinski definition) is 5. The van der Waals surface area contributed by atoms with Crippen molar-refractivity contribution < 1.29 is 24.2 Å². The van der Waals surface area contributed by atoms with Crippen LogP contribution in [0.5, 0.6) is 0 Å². The van der Waals surface area contributed by atoms with E-state index in [1.807, 2.05) is 0 Å². The molecule has 1 amide bonds. The van der Waals surface area contributed by atoms with Gasteiger partial charge in [-0.15, -0.1) is 0 Å². The van der Waals surface area contributed by atoms with Crippen molar-refractivity contribution in [3.8, 4) is 11.8 Å². The number of halogens is 1. The predicted octanol–water partition coefficient (Wildman–Crippen LogP) is 1.27. The Hall–Kier alpha value is -3.25. The highest BCUT2D eigenvalue weighted by atomic mass is 19.1. The molecule has 0 fully saturated rings. The van der Waals surface area contributed by atoms with Crippen molar-refractivity contribution in [1.29, 1.82) is 0 Å². The van der Waals surface area contributed by atoms with E-state index < -0.39 is 30.0 Å². The molecule has 29 heavy (non-hydrogen) atoms. The standard InChI is InChI=1S/C21H20FN3O4/c1-10(26)12-7-13(24-9-12)8-15-19-14(3-6-18(28)20(23)11(2)27)16(22)4-5-17(19)25-21(15)29/h4-5,7-9,11,18,20,24,27-28H,23H2,1-2H3,(H,25,29)/b15-8-/t11-,18+,20+/m1/s1. The van der Waals surface area contributed by atoms with Gasteiger partial charge in [0.05, 0.1) is 29.0 Å². The summed E-state index contributed by atoms with van der Waals surface area (Å²) in [5, 5.41) is 22.1. The van der Waals surface area contributed by atoms with Gasteiger partial charge in [-0.2, -0.15) is 0 Å². The van der Waals surface area contributed by atoms with Gasteiger partial charge >= 0.3 is 0 Å². The normalized spacial score (nSPS) is 17.2. The lowest BCUT2D eigenvalue weighted by atomic mass is 9.98. The van der Waals surface area contributed by atoms with Crippen LogP contribution in [-0.4, -0.2) is 45.1 Å². The summed E-state index contributed by atoms with van der Waals surface area (Å²) in [5.74, 6) is 3.72. The SMILES string of the molecule is CC(=O)c1c[nH]c(/C=C2\C(=O)Nc3ccc(F)c(C#C[C@H](O)[C@@H](N)[C@@H](C)O)c32)c1. The number of Topliss-reactive ketones (excluding diaryl/α,β-unsaturated/α-hetero) is 1. The number of H-pyrrole nitrogens is 1. The van der Waals surface area contributed by atoms with Gasteiger partial charge in [0.25, 0.3) is 5.91 Å². The summed E-state index contributed by atoms with van der Waals surface area (Å²) in [7, 11) is 0. The van der Waals surface area contributed by atoms with Crippen molar-refractivity contribution in [3.05, 3.63) is 52.6 Å². The molecular formula is C21H20FN3O4. The lowest BCUT2D eigenvalue weighted by Gasteiger charge is -2.16. The fourth-order valence-electron chi connectivity index (χ4n) is 2.88. The largest absolute Gasteiger partial charge is 0.392 e. The van der Waals surface area contributed by atoms with E-state index in [9.17, 15) is 24.2 Å². The number of nitrogens with two attached hydrogens (primary N) is 1. The Morgan fingerprint density at radius 2 is 2.07 bits per heavy atom. The van der Waals surface area contributed by atoms with E-state index in [2.05, 4.69) is 22.1 Å². The number of aliphatic hydroxyl groups excluding tert-OH is 2. The van der Waals surface area contributed by atoms with Gasteiger partial charge in [-0.3, -0.25) is 9.59 Å². The maximum atomic E-state index is 14.5. The third-order valence-corrected chi connectivity index (χ3v) is 4.60. The number of rotatable bonds is 4. The van der Waals surface area contributed by atoms with E-state index in [4.69, 9.17) is 5.73 Å². The van der Waals surface area contributed by atoms with Crippen LogP contribution in [0.1, 0.15) is 41.0 Å². The molecule has 2 aromatic rings. The molecule has 0 unspecified atom stereocenters. The van der Waals surface area contributed by atoms with Crippen LogP contribution in [0, 0.1) is 17.7 Å². The van der Waals surface area contributed by atoms with Gasteiger partial charge in [0.15, 0.2) is 5.78 Å². The number of hydrogen-bond acceptors (Lipinski definition) is 5. The first-order chi connectivity index (χ1) is 13.7. The number of carbonyl (C=O) groups is 2. The second-order valence-corrected chi connectivity index (χ2v) is 6.79. The third-order valence-electron chi connectivity index (χ3n) is 4.60. The minimum Gasteiger partial charge on any atom is -0.392 e. The van der Waals surface area contributed by atoms with Crippen LogP contribution in [0.15, 0.2) is 24.4 Å². The Morgan fingerprint density at radius 3 is 2.69 bits per heavy atom. The average Bonchev–Trinajstić information content (AvgIpc) is 3.25. The Balaban J connectivity index is 2.07. The Labute approximate surface area is 166 Å². The summed E-state index contributed by atoms with van der Waals surface area (Å²) in [5.41, 5.74) is 7.29. The molecule has 0 saturated carbocycles. The van der Waals surface area contributed by atoms with E-state index in [1.165, 1.54) is 32.2 Å². The summed E-state index contributed by atoms with van der Waals surface area (Å²) < 4.78 is 14.5. The maximum Gasteiger partial charge on any atom is 0.256 e. The summed E-state index contributed by atoms with van der Waals surface area (Å²) in [6.45, 7) is 2.83. The molecule has 2 heterocycles. The number of aromatic nitrogens is 1. The molecule has 1 aromatic carbocycles. The number of benzene rings is 1. The number of nitrogens with one attached hydrogen (secondary N) is 2.